The fraction of sp³-hybridized carbons (Fsp3) is 0.200. The van der Waals surface area contributed by atoms with E-state index in [-0.39, 0.29) is 11.8 Å². The second-order valence-electron chi connectivity index (χ2n) is 7.93. The van der Waals surface area contributed by atoms with Crippen molar-refractivity contribution in [3.05, 3.63) is 88.4 Å². The molecule has 2 fully saturated rings. The summed E-state index contributed by atoms with van der Waals surface area (Å²) >= 11 is 3.50. The van der Waals surface area contributed by atoms with Crippen molar-refractivity contribution in [2.45, 2.75) is 19.1 Å². The maximum Gasteiger partial charge on any atom is 0.266 e. The molecule has 0 N–H and O–H groups in total. The van der Waals surface area contributed by atoms with E-state index in [2.05, 4.69) is 15.9 Å². The normalized spacial score (nSPS) is 22.4. The zero-order chi connectivity index (χ0) is 22.4. The predicted molar refractivity (Wildman–Crippen MR) is 124 cm³/mol. The number of hydrogen-bond donors (Lipinski definition) is 0. The smallest absolute Gasteiger partial charge is 0.266 e. The van der Waals surface area contributed by atoms with Gasteiger partial charge in [0.1, 0.15) is 11.7 Å². The van der Waals surface area contributed by atoms with Gasteiger partial charge >= 0.3 is 0 Å². The van der Waals surface area contributed by atoms with E-state index in [1.807, 2.05) is 55.5 Å². The van der Waals surface area contributed by atoms with Gasteiger partial charge in [-0.3, -0.25) is 14.4 Å². The number of amides is 2. The molecule has 5 rings (SSSR count). The number of anilines is 2. The van der Waals surface area contributed by atoms with E-state index in [1.54, 1.807) is 36.4 Å². The Morgan fingerprint density at radius 3 is 2.34 bits per heavy atom. The Balaban J connectivity index is 1.58. The average molecular weight is 493 g/mol. The number of carbonyl (C=O) groups is 2. The van der Waals surface area contributed by atoms with Crippen LogP contribution in [0.5, 0.6) is 5.75 Å². The summed E-state index contributed by atoms with van der Waals surface area (Å²) in [6.07, 6.45) is -0.904. The minimum Gasteiger partial charge on any atom is -0.497 e. The van der Waals surface area contributed by atoms with E-state index in [1.165, 1.54) is 4.90 Å². The second-order valence-corrected chi connectivity index (χ2v) is 8.84. The molecule has 0 bridgehead atoms. The molecule has 2 heterocycles. The first kappa shape index (κ1) is 20.7. The molecule has 0 aromatic heterocycles. The lowest BCUT2D eigenvalue weighted by molar-refractivity contribution is -0.126. The molecule has 32 heavy (non-hydrogen) atoms. The van der Waals surface area contributed by atoms with E-state index < -0.39 is 18.1 Å². The summed E-state index contributed by atoms with van der Waals surface area (Å²) < 4.78 is 6.16. The molecule has 6 nitrogen and oxygen atoms in total. The van der Waals surface area contributed by atoms with E-state index >= 15 is 0 Å². The fourth-order valence-corrected chi connectivity index (χ4v) is 4.75. The quantitative estimate of drug-likeness (QED) is 0.488. The van der Waals surface area contributed by atoms with E-state index in [0.717, 1.165) is 21.3 Å². The summed E-state index contributed by atoms with van der Waals surface area (Å²) in [6, 6.07) is 22.1. The number of hydroxylamine groups is 1. The number of aryl methyl sites for hydroxylation is 1. The van der Waals surface area contributed by atoms with Crippen LogP contribution in [0.4, 0.5) is 11.4 Å². The van der Waals surface area contributed by atoms with Crippen LogP contribution in [0.1, 0.15) is 17.2 Å². The first-order valence-electron chi connectivity index (χ1n) is 10.3. The van der Waals surface area contributed by atoms with Crippen molar-refractivity contribution in [1.82, 2.24) is 0 Å². The third-order valence-corrected chi connectivity index (χ3v) is 6.40. The summed E-state index contributed by atoms with van der Waals surface area (Å²) in [4.78, 5) is 34.4. The van der Waals surface area contributed by atoms with Gasteiger partial charge in [-0.05, 0) is 42.8 Å². The van der Waals surface area contributed by atoms with Gasteiger partial charge in [-0.15, -0.1) is 0 Å². The van der Waals surface area contributed by atoms with Crippen LogP contribution in [-0.4, -0.2) is 25.0 Å². The fourth-order valence-electron chi connectivity index (χ4n) is 4.36. The molecule has 0 aliphatic carbocycles. The maximum atomic E-state index is 13.6. The molecule has 3 unspecified atom stereocenters. The third-order valence-electron chi connectivity index (χ3n) is 5.91. The van der Waals surface area contributed by atoms with Crippen LogP contribution >= 0.6 is 15.9 Å². The Kier molecular flexibility index (Phi) is 5.23. The van der Waals surface area contributed by atoms with Crippen molar-refractivity contribution in [2.24, 2.45) is 5.92 Å². The molecule has 2 aliphatic heterocycles. The summed E-state index contributed by atoms with van der Waals surface area (Å²) in [7, 11) is 1.55. The van der Waals surface area contributed by atoms with Crippen molar-refractivity contribution in [1.29, 1.82) is 0 Å². The Morgan fingerprint density at radius 1 is 0.906 bits per heavy atom. The van der Waals surface area contributed by atoms with Crippen LogP contribution in [0, 0.1) is 12.8 Å². The molecule has 3 atom stereocenters. The third kappa shape index (κ3) is 3.38. The highest BCUT2D eigenvalue weighted by Crippen LogP contribution is 2.48. The first-order chi connectivity index (χ1) is 15.5. The molecule has 3 aromatic rings. The van der Waals surface area contributed by atoms with Crippen molar-refractivity contribution in [3.8, 4) is 5.75 Å². The number of imide groups is 1. The zero-order valence-electron chi connectivity index (χ0n) is 17.6. The molecule has 3 aromatic carbocycles. The lowest BCUT2D eigenvalue weighted by Crippen LogP contribution is -2.37. The van der Waals surface area contributed by atoms with Gasteiger partial charge < -0.3 is 4.74 Å². The monoisotopic (exact) mass is 492 g/mol. The summed E-state index contributed by atoms with van der Waals surface area (Å²) in [5, 5.41) is 1.70. The molecule has 162 valence electrons. The molecule has 2 amide bonds. The van der Waals surface area contributed by atoms with Gasteiger partial charge in [-0.25, -0.2) is 9.96 Å². The van der Waals surface area contributed by atoms with Gasteiger partial charge in [0.2, 0.25) is 5.91 Å². The van der Waals surface area contributed by atoms with Gasteiger partial charge in [0.25, 0.3) is 5.91 Å². The molecule has 0 saturated carbocycles. The summed E-state index contributed by atoms with van der Waals surface area (Å²) in [5.74, 6) is -0.749. The first-order valence-corrected chi connectivity index (χ1v) is 11.1. The van der Waals surface area contributed by atoms with Gasteiger partial charge in [0.05, 0.1) is 24.5 Å². The number of ether oxygens (including phenoxy) is 1. The van der Waals surface area contributed by atoms with Gasteiger partial charge in [0, 0.05) is 10.5 Å². The number of benzene rings is 3. The number of fused-ring (bicyclic) bond motifs is 1. The van der Waals surface area contributed by atoms with Crippen LogP contribution in [-0.2, 0) is 14.4 Å². The lowest BCUT2D eigenvalue weighted by atomic mass is 9.90. The molecule has 2 saturated heterocycles. The molecule has 7 heteroatoms. The Morgan fingerprint density at radius 2 is 1.62 bits per heavy atom. The van der Waals surface area contributed by atoms with Crippen LogP contribution in [0.25, 0.3) is 0 Å². The standard InChI is InChI=1S/C25H21BrN2O4/c1-15-9-11-16(12-10-15)22-21-23(32-28(22)19-7-3-5-17(26)13-19)25(30)27(24(21)29)18-6-4-8-20(14-18)31-2/h3-14,21-23H,1-2H3. The highest BCUT2D eigenvalue weighted by Gasteiger charge is 2.60. The number of hydrogen-bond acceptors (Lipinski definition) is 5. The second kappa shape index (κ2) is 8.07. The van der Waals surface area contributed by atoms with Crippen LogP contribution in [0.15, 0.2) is 77.3 Å². The minimum atomic E-state index is -0.904. The molecule has 0 spiro atoms. The number of methoxy groups -OCH3 is 1. The highest BCUT2D eigenvalue weighted by molar-refractivity contribution is 9.10. The van der Waals surface area contributed by atoms with Gasteiger partial charge in [0.15, 0.2) is 6.10 Å². The van der Waals surface area contributed by atoms with Crippen molar-refractivity contribution in [3.63, 3.8) is 0 Å². The van der Waals surface area contributed by atoms with E-state index in [9.17, 15) is 9.59 Å². The summed E-state index contributed by atoms with van der Waals surface area (Å²) in [5.41, 5.74) is 3.28. The summed E-state index contributed by atoms with van der Waals surface area (Å²) in [6.45, 7) is 2.01. The van der Waals surface area contributed by atoms with Crippen LogP contribution in [0.3, 0.4) is 0 Å². The van der Waals surface area contributed by atoms with E-state index in [0.29, 0.717) is 11.4 Å². The molecule has 0 radical (unpaired) electrons. The number of carbonyl (C=O) groups excluding carboxylic acids is 2. The molecule has 2 aliphatic rings. The Labute approximate surface area is 194 Å². The topological polar surface area (TPSA) is 59.1 Å². The number of nitrogens with zero attached hydrogens (tertiary/aromatic N) is 2. The molecular weight excluding hydrogens is 472 g/mol. The van der Waals surface area contributed by atoms with Crippen LogP contribution < -0.4 is 14.7 Å². The average Bonchev–Trinajstić information content (AvgIpc) is 3.30. The number of halogens is 1. The Hall–Kier alpha value is -3.16. The van der Waals surface area contributed by atoms with E-state index in [4.69, 9.17) is 9.57 Å². The highest BCUT2D eigenvalue weighted by atomic mass is 79.9. The number of rotatable bonds is 4. The Bertz CT molecular complexity index is 1200. The van der Waals surface area contributed by atoms with Gasteiger partial charge in [-0.1, -0.05) is 57.9 Å². The van der Waals surface area contributed by atoms with Gasteiger partial charge in [-0.2, -0.15) is 0 Å². The SMILES string of the molecule is COc1cccc(N2C(=O)C3ON(c4cccc(Br)c4)C(c4ccc(C)cc4)C3C2=O)c1. The van der Waals surface area contributed by atoms with Crippen LogP contribution in [0.2, 0.25) is 0 Å². The minimum absolute atomic E-state index is 0.281. The van der Waals surface area contributed by atoms with Crippen molar-refractivity contribution < 1.29 is 19.2 Å². The lowest BCUT2D eigenvalue weighted by Gasteiger charge is -2.29. The predicted octanol–water partition coefficient (Wildman–Crippen LogP) is 4.82. The largest absolute Gasteiger partial charge is 0.497 e. The zero-order valence-corrected chi connectivity index (χ0v) is 19.2. The van der Waals surface area contributed by atoms with Crippen molar-refractivity contribution >= 4 is 39.1 Å². The maximum absolute atomic E-state index is 13.6. The van der Waals surface area contributed by atoms with Crippen molar-refractivity contribution in [2.75, 3.05) is 17.1 Å². The molecular formula is C25H21BrN2O4.